The van der Waals surface area contributed by atoms with Gasteiger partial charge < -0.3 is 5.11 Å². The van der Waals surface area contributed by atoms with E-state index in [9.17, 15) is 26.3 Å². The Bertz CT molecular complexity index is 327. The summed E-state index contributed by atoms with van der Waals surface area (Å²) in [6.45, 7) is 0. The van der Waals surface area contributed by atoms with Crippen LogP contribution in [0.3, 0.4) is 0 Å². The number of hydrogen-bond donors (Lipinski definition) is 2. The van der Waals surface area contributed by atoms with Crippen LogP contribution in [0.15, 0.2) is 12.3 Å². The maximum absolute atomic E-state index is 12.2. The number of aromatic amines is 1. The van der Waals surface area contributed by atoms with E-state index in [1.165, 1.54) is 0 Å². The van der Waals surface area contributed by atoms with Gasteiger partial charge in [-0.25, -0.2) is 0 Å². The summed E-state index contributed by atoms with van der Waals surface area (Å²) in [5.41, 5.74) is -5.23. The Morgan fingerprint density at radius 1 is 1.12 bits per heavy atom. The summed E-state index contributed by atoms with van der Waals surface area (Å²) >= 11 is 0. The normalized spacial score (nSPS) is 14.2. The quantitative estimate of drug-likeness (QED) is 0.784. The van der Waals surface area contributed by atoms with Crippen molar-refractivity contribution in [2.75, 3.05) is 0 Å². The monoisotopic (exact) mass is 248 g/mol. The van der Waals surface area contributed by atoms with Crippen molar-refractivity contribution in [3.05, 3.63) is 18.0 Å². The Labute approximate surface area is 85.1 Å². The van der Waals surface area contributed by atoms with Crippen molar-refractivity contribution in [1.29, 1.82) is 0 Å². The van der Waals surface area contributed by atoms with Gasteiger partial charge in [0.05, 0.1) is 0 Å². The number of hydrogen-bond acceptors (Lipinski definition) is 2. The first kappa shape index (κ1) is 12.8. The van der Waals surface area contributed by atoms with Crippen LogP contribution >= 0.6 is 0 Å². The van der Waals surface area contributed by atoms with Gasteiger partial charge >= 0.3 is 12.4 Å². The van der Waals surface area contributed by atoms with E-state index in [2.05, 4.69) is 5.10 Å². The zero-order valence-corrected chi connectivity index (χ0v) is 7.52. The fraction of sp³-hybridized carbons (Fsp3) is 0.571. The molecule has 0 aliphatic carbocycles. The van der Waals surface area contributed by atoms with Gasteiger partial charge in [0.25, 0.3) is 5.60 Å². The minimum absolute atomic E-state index is 0.461. The van der Waals surface area contributed by atoms with Crippen LogP contribution in [0.1, 0.15) is 5.69 Å². The zero-order valence-electron chi connectivity index (χ0n) is 7.52. The van der Waals surface area contributed by atoms with Crippen LogP contribution in [0, 0.1) is 0 Å². The van der Waals surface area contributed by atoms with Crippen molar-refractivity contribution in [2.24, 2.45) is 0 Å². The largest absolute Gasteiger partial charge is 0.426 e. The first-order chi connectivity index (χ1) is 7.08. The lowest BCUT2D eigenvalue weighted by atomic mass is 9.96. The van der Waals surface area contributed by atoms with Crippen LogP contribution < -0.4 is 0 Å². The van der Waals surface area contributed by atoms with E-state index in [1.54, 1.807) is 0 Å². The predicted octanol–water partition coefficient (Wildman–Crippen LogP) is 1.81. The highest BCUT2D eigenvalue weighted by Gasteiger charge is 2.70. The summed E-state index contributed by atoms with van der Waals surface area (Å²) < 4.78 is 73.1. The second kappa shape index (κ2) is 3.65. The van der Waals surface area contributed by atoms with E-state index in [4.69, 9.17) is 5.11 Å². The van der Waals surface area contributed by atoms with Gasteiger partial charge in [-0.1, -0.05) is 0 Å². The lowest BCUT2D eigenvalue weighted by Crippen LogP contribution is -2.58. The Morgan fingerprint density at radius 3 is 1.94 bits per heavy atom. The van der Waals surface area contributed by atoms with Gasteiger partial charge in [-0.3, -0.25) is 5.10 Å². The summed E-state index contributed by atoms with van der Waals surface area (Å²) in [6, 6.07) is 0.919. The maximum Gasteiger partial charge on any atom is 0.426 e. The molecule has 3 nitrogen and oxygen atoms in total. The van der Waals surface area contributed by atoms with Gasteiger partial charge in [-0.05, 0) is 6.07 Å². The number of rotatable bonds is 2. The van der Waals surface area contributed by atoms with Crippen molar-refractivity contribution in [3.63, 3.8) is 0 Å². The summed E-state index contributed by atoms with van der Waals surface area (Å²) in [7, 11) is 0. The second-order valence-corrected chi connectivity index (χ2v) is 3.11. The van der Waals surface area contributed by atoms with Gasteiger partial charge in [0.2, 0.25) is 0 Å². The summed E-state index contributed by atoms with van der Waals surface area (Å²) in [5, 5.41) is 13.9. The molecular weight excluding hydrogens is 242 g/mol. The molecule has 0 aliphatic heterocycles. The molecule has 2 N–H and O–H groups in total. The van der Waals surface area contributed by atoms with E-state index in [1.807, 2.05) is 5.10 Å². The topological polar surface area (TPSA) is 48.9 Å². The molecule has 0 unspecified atom stereocenters. The van der Waals surface area contributed by atoms with Crippen molar-refractivity contribution in [3.8, 4) is 0 Å². The van der Waals surface area contributed by atoms with Gasteiger partial charge in [0.1, 0.15) is 0 Å². The lowest BCUT2D eigenvalue weighted by molar-refractivity contribution is -0.367. The highest BCUT2D eigenvalue weighted by atomic mass is 19.4. The number of alkyl halides is 6. The van der Waals surface area contributed by atoms with Crippen molar-refractivity contribution in [2.45, 2.75) is 24.4 Å². The first-order valence-electron chi connectivity index (χ1n) is 3.92. The highest BCUT2D eigenvalue weighted by molar-refractivity contribution is 5.08. The van der Waals surface area contributed by atoms with E-state index in [-0.39, 0.29) is 0 Å². The van der Waals surface area contributed by atoms with Crippen LogP contribution in [0.2, 0.25) is 0 Å². The average Bonchev–Trinajstić information content (AvgIpc) is 2.52. The molecule has 92 valence electrons. The molecule has 0 radical (unpaired) electrons. The molecule has 1 aromatic rings. The van der Waals surface area contributed by atoms with E-state index < -0.39 is 30.1 Å². The Kier molecular flexibility index (Phi) is 2.92. The smallest absolute Gasteiger partial charge is 0.373 e. The van der Waals surface area contributed by atoms with Crippen LogP contribution in [0.4, 0.5) is 26.3 Å². The van der Waals surface area contributed by atoms with E-state index >= 15 is 0 Å². The maximum atomic E-state index is 12.2. The van der Waals surface area contributed by atoms with Crippen molar-refractivity contribution >= 4 is 0 Å². The Morgan fingerprint density at radius 2 is 1.62 bits per heavy atom. The summed E-state index contributed by atoms with van der Waals surface area (Å²) in [4.78, 5) is 0. The van der Waals surface area contributed by atoms with Crippen molar-refractivity contribution in [1.82, 2.24) is 10.2 Å². The summed E-state index contributed by atoms with van der Waals surface area (Å²) in [5.74, 6) is 0. The number of nitrogens with zero attached hydrogens (tertiary/aromatic N) is 1. The van der Waals surface area contributed by atoms with Gasteiger partial charge in [-0.2, -0.15) is 31.4 Å². The average molecular weight is 248 g/mol. The molecule has 0 aliphatic rings. The number of halogens is 6. The number of H-pyrrole nitrogens is 1. The van der Waals surface area contributed by atoms with Crippen LogP contribution in [0.25, 0.3) is 0 Å². The first-order valence-corrected chi connectivity index (χ1v) is 3.92. The molecule has 16 heavy (non-hydrogen) atoms. The molecule has 0 saturated heterocycles. The minimum Gasteiger partial charge on any atom is -0.373 e. The number of nitrogens with one attached hydrogen (secondary N) is 1. The van der Waals surface area contributed by atoms with Crippen molar-refractivity contribution < 1.29 is 31.4 Å². The number of aromatic nitrogens is 2. The van der Waals surface area contributed by atoms with E-state index in [0.717, 1.165) is 12.3 Å². The van der Waals surface area contributed by atoms with Gasteiger partial charge in [0, 0.05) is 18.3 Å². The molecule has 1 heterocycles. The van der Waals surface area contributed by atoms with Gasteiger partial charge in [0.15, 0.2) is 0 Å². The fourth-order valence-corrected chi connectivity index (χ4v) is 1.02. The molecule has 0 fully saturated rings. The summed E-state index contributed by atoms with van der Waals surface area (Å²) in [6.07, 6.45) is -12.3. The Balaban J connectivity index is 3.07. The van der Waals surface area contributed by atoms with Crippen LogP contribution in [0.5, 0.6) is 0 Å². The molecule has 0 amide bonds. The third-order valence-corrected chi connectivity index (χ3v) is 1.94. The lowest BCUT2D eigenvalue weighted by Gasteiger charge is -2.31. The molecule has 9 heteroatoms. The predicted molar refractivity (Wildman–Crippen MR) is 39.4 cm³/mol. The second-order valence-electron chi connectivity index (χ2n) is 3.11. The fourth-order valence-electron chi connectivity index (χ4n) is 1.02. The minimum atomic E-state index is -5.81. The molecule has 1 rings (SSSR count). The standard InChI is InChI=1S/C7H6F6N2O/c8-6(9,10)5(16,7(11,12)13)3-4-1-2-14-15-4/h1-2,16H,3H2,(H,14,15). The highest BCUT2D eigenvalue weighted by Crippen LogP contribution is 2.44. The number of aliphatic hydroxyl groups is 1. The molecule has 0 bridgehead atoms. The molecule has 0 saturated carbocycles. The van der Waals surface area contributed by atoms with Gasteiger partial charge in [-0.15, -0.1) is 0 Å². The van der Waals surface area contributed by atoms with E-state index in [0.29, 0.717) is 0 Å². The molecule has 0 aromatic carbocycles. The molecule has 1 aromatic heterocycles. The molecule has 0 spiro atoms. The third kappa shape index (κ3) is 2.13. The third-order valence-electron chi connectivity index (χ3n) is 1.94. The Hall–Kier alpha value is -1.25. The zero-order chi connectivity index (χ0) is 12.6. The van der Waals surface area contributed by atoms with Crippen LogP contribution in [-0.4, -0.2) is 33.3 Å². The van der Waals surface area contributed by atoms with Crippen LogP contribution in [-0.2, 0) is 6.42 Å². The molecule has 0 atom stereocenters. The molecular formula is C7H6F6N2O. The SMILES string of the molecule is OC(Cc1ccn[nH]1)(C(F)(F)F)C(F)(F)F.